The summed E-state index contributed by atoms with van der Waals surface area (Å²) in [6.45, 7) is 3.12. The number of carbonyl (C=O) groups excluding carboxylic acids is 1. The molecule has 108 valence electrons. The molecule has 0 atom stereocenters. The Kier molecular flexibility index (Phi) is 3.65. The Bertz CT molecular complexity index is 661. The van der Waals surface area contributed by atoms with Crippen LogP contribution in [0.1, 0.15) is 28.4 Å². The normalized spacial score (nSPS) is 13.1. The van der Waals surface area contributed by atoms with E-state index in [2.05, 4.69) is 30.3 Å². The highest BCUT2D eigenvalue weighted by molar-refractivity contribution is 6.05. The van der Waals surface area contributed by atoms with Crippen LogP contribution in [0.2, 0.25) is 0 Å². The minimum atomic E-state index is -0.0411. The molecule has 0 aliphatic carbocycles. The Morgan fingerprint density at radius 3 is 2.67 bits per heavy atom. The lowest BCUT2D eigenvalue weighted by molar-refractivity contribution is 0.102. The average molecular weight is 280 g/mol. The number of hydrogen-bond donors (Lipinski definition) is 1. The molecular formula is C18H20N2O. The fraction of sp³-hybridized carbons (Fsp3) is 0.278. The number of likely N-dealkylation sites (N-methyl/N-ethyl adjacent to an activating group) is 1. The molecule has 21 heavy (non-hydrogen) atoms. The summed E-state index contributed by atoms with van der Waals surface area (Å²) in [7, 11) is 2.08. The van der Waals surface area contributed by atoms with Gasteiger partial charge in [0.25, 0.3) is 5.91 Å². The summed E-state index contributed by atoms with van der Waals surface area (Å²) in [6, 6.07) is 13.9. The summed E-state index contributed by atoms with van der Waals surface area (Å²) in [5.41, 5.74) is 5.33. The maximum atomic E-state index is 12.4. The smallest absolute Gasteiger partial charge is 0.255 e. The van der Waals surface area contributed by atoms with Gasteiger partial charge in [-0.15, -0.1) is 0 Å². The number of amides is 1. The summed E-state index contributed by atoms with van der Waals surface area (Å²) in [6.07, 6.45) is 1.97. The van der Waals surface area contributed by atoms with Crippen molar-refractivity contribution in [2.75, 3.05) is 23.8 Å². The highest BCUT2D eigenvalue weighted by Gasteiger charge is 2.19. The number of rotatable bonds is 3. The summed E-state index contributed by atoms with van der Waals surface area (Å²) < 4.78 is 0. The van der Waals surface area contributed by atoms with Gasteiger partial charge in [-0.05, 0) is 42.7 Å². The number of anilines is 2. The molecule has 0 fully saturated rings. The standard InChI is InChI=1S/C18H20N2O/c1-3-13-7-9-14(10-8-13)18(21)19-16-5-4-6-17-15(16)11-12-20(17)2/h4-10H,3,11-12H2,1-2H3,(H,19,21). The van der Waals surface area contributed by atoms with E-state index in [1.807, 2.05) is 36.4 Å². The number of hydrogen-bond acceptors (Lipinski definition) is 2. The summed E-state index contributed by atoms with van der Waals surface area (Å²) in [5.74, 6) is -0.0411. The number of fused-ring (bicyclic) bond motifs is 1. The van der Waals surface area contributed by atoms with Gasteiger partial charge in [-0.1, -0.05) is 25.1 Å². The fourth-order valence-corrected chi connectivity index (χ4v) is 2.80. The van der Waals surface area contributed by atoms with E-state index in [1.54, 1.807) is 0 Å². The number of nitrogens with zero attached hydrogens (tertiary/aromatic N) is 1. The Balaban J connectivity index is 1.82. The number of aryl methyl sites for hydroxylation is 1. The molecule has 2 aromatic rings. The SMILES string of the molecule is CCc1ccc(C(=O)Nc2cccc3c2CCN3C)cc1. The Morgan fingerprint density at radius 1 is 1.19 bits per heavy atom. The highest BCUT2D eigenvalue weighted by Crippen LogP contribution is 2.32. The molecule has 0 spiro atoms. The van der Waals surface area contributed by atoms with E-state index in [-0.39, 0.29) is 5.91 Å². The topological polar surface area (TPSA) is 32.3 Å². The van der Waals surface area contributed by atoms with Gasteiger partial charge in [-0.2, -0.15) is 0 Å². The first-order chi connectivity index (χ1) is 10.2. The van der Waals surface area contributed by atoms with Crippen LogP contribution in [0.4, 0.5) is 11.4 Å². The van der Waals surface area contributed by atoms with Crippen molar-refractivity contribution >= 4 is 17.3 Å². The molecule has 2 aromatic carbocycles. The van der Waals surface area contributed by atoms with Gasteiger partial charge in [0.05, 0.1) is 0 Å². The number of benzene rings is 2. The zero-order valence-electron chi connectivity index (χ0n) is 12.5. The van der Waals surface area contributed by atoms with Gasteiger partial charge in [0, 0.05) is 36.1 Å². The third-order valence-electron chi connectivity index (χ3n) is 4.13. The van der Waals surface area contributed by atoms with Gasteiger partial charge in [0.1, 0.15) is 0 Å². The zero-order chi connectivity index (χ0) is 14.8. The van der Waals surface area contributed by atoms with Crippen molar-refractivity contribution in [3.8, 4) is 0 Å². The zero-order valence-corrected chi connectivity index (χ0v) is 12.5. The van der Waals surface area contributed by atoms with E-state index in [0.717, 1.165) is 25.1 Å². The second kappa shape index (κ2) is 5.60. The molecule has 1 amide bonds. The van der Waals surface area contributed by atoms with Crippen molar-refractivity contribution in [2.24, 2.45) is 0 Å². The largest absolute Gasteiger partial charge is 0.374 e. The predicted octanol–water partition coefficient (Wildman–Crippen LogP) is 3.49. The molecule has 3 nitrogen and oxygen atoms in total. The Morgan fingerprint density at radius 2 is 1.95 bits per heavy atom. The van der Waals surface area contributed by atoms with E-state index in [1.165, 1.54) is 16.8 Å². The molecule has 1 heterocycles. The monoisotopic (exact) mass is 280 g/mol. The lowest BCUT2D eigenvalue weighted by atomic mass is 10.1. The van der Waals surface area contributed by atoms with Crippen LogP contribution >= 0.6 is 0 Å². The van der Waals surface area contributed by atoms with Crippen LogP contribution in [0.5, 0.6) is 0 Å². The predicted molar refractivity (Wildman–Crippen MR) is 87.2 cm³/mol. The summed E-state index contributed by atoms with van der Waals surface area (Å²) >= 11 is 0. The van der Waals surface area contributed by atoms with Crippen molar-refractivity contribution in [3.05, 3.63) is 59.2 Å². The first-order valence-corrected chi connectivity index (χ1v) is 7.42. The molecule has 3 heteroatoms. The minimum Gasteiger partial charge on any atom is -0.374 e. The van der Waals surface area contributed by atoms with Gasteiger partial charge < -0.3 is 10.2 Å². The third kappa shape index (κ3) is 2.64. The fourth-order valence-electron chi connectivity index (χ4n) is 2.80. The molecule has 0 aromatic heterocycles. The molecule has 0 bridgehead atoms. The van der Waals surface area contributed by atoms with E-state index in [0.29, 0.717) is 5.56 Å². The average Bonchev–Trinajstić information content (AvgIpc) is 2.90. The molecule has 0 saturated carbocycles. The molecule has 3 rings (SSSR count). The van der Waals surface area contributed by atoms with Crippen LogP contribution in [0.25, 0.3) is 0 Å². The Labute approximate surface area is 125 Å². The quantitative estimate of drug-likeness (QED) is 0.933. The van der Waals surface area contributed by atoms with E-state index < -0.39 is 0 Å². The number of nitrogens with one attached hydrogen (secondary N) is 1. The van der Waals surface area contributed by atoms with Gasteiger partial charge in [-0.3, -0.25) is 4.79 Å². The van der Waals surface area contributed by atoms with Crippen molar-refractivity contribution in [1.82, 2.24) is 0 Å². The van der Waals surface area contributed by atoms with E-state index in [4.69, 9.17) is 0 Å². The minimum absolute atomic E-state index is 0.0411. The van der Waals surface area contributed by atoms with Crippen molar-refractivity contribution in [1.29, 1.82) is 0 Å². The molecular weight excluding hydrogens is 260 g/mol. The summed E-state index contributed by atoms with van der Waals surface area (Å²) in [4.78, 5) is 14.6. The van der Waals surface area contributed by atoms with E-state index in [9.17, 15) is 4.79 Å². The lowest BCUT2D eigenvalue weighted by Gasteiger charge is -2.13. The van der Waals surface area contributed by atoms with Crippen LogP contribution in [0, 0.1) is 0 Å². The lowest BCUT2D eigenvalue weighted by Crippen LogP contribution is -2.13. The third-order valence-corrected chi connectivity index (χ3v) is 4.13. The van der Waals surface area contributed by atoms with Crippen molar-refractivity contribution < 1.29 is 4.79 Å². The molecule has 0 saturated heterocycles. The van der Waals surface area contributed by atoms with Gasteiger partial charge in [0.2, 0.25) is 0 Å². The highest BCUT2D eigenvalue weighted by atomic mass is 16.1. The maximum absolute atomic E-state index is 12.4. The number of carbonyl (C=O) groups is 1. The van der Waals surface area contributed by atoms with E-state index >= 15 is 0 Å². The molecule has 1 aliphatic rings. The molecule has 0 unspecified atom stereocenters. The summed E-state index contributed by atoms with van der Waals surface area (Å²) in [5, 5.41) is 3.05. The van der Waals surface area contributed by atoms with Gasteiger partial charge in [-0.25, -0.2) is 0 Å². The molecule has 0 radical (unpaired) electrons. The van der Waals surface area contributed by atoms with Crippen LogP contribution in [0.3, 0.4) is 0 Å². The second-order valence-electron chi connectivity index (χ2n) is 5.48. The van der Waals surface area contributed by atoms with Crippen LogP contribution in [0.15, 0.2) is 42.5 Å². The molecule has 1 aliphatic heterocycles. The van der Waals surface area contributed by atoms with Crippen LogP contribution < -0.4 is 10.2 Å². The van der Waals surface area contributed by atoms with Crippen molar-refractivity contribution in [3.63, 3.8) is 0 Å². The van der Waals surface area contributed by atoms with Crippen LogP contribution in [-0.2, 0) is 12.8 Å². The first-order valence-electron chi connectivity index (χ1n) is 7.42. The van der Waals surface area contributed by atoms with Crippen molar-refractivity contribution in [2.45, 2.75) is 19.8 Å². The first kappa shape index (κ1) is 13.7. The molecule has 1 N–H and O–H groups in total. The Hall–Kier alpha value is -2.29. The maximum Gasteiger partial charge on any atom is 0.255 e. The second-order valence-corrected chi connectivity index (χ2v) is 5.48. The van der Waals surface area contributed by atoms with Gasteiger partial charge >= 0.3 is 0 Å². The van der Waals surface area contributed by atoms with Crippen LogP contribution in [-0.4, -0.2) is 19.5 Å². The van der Waals surface area contributed by atoms with Gasteiger partial charge in [0.15, 0.2) is 0 Å².